The lowest BCUT2D eigenvalue weighted by molar-refractivity contribution is 0.414. The van der Waals surface area contributed by atoms with E-state index in [-0.39, 0.29) is 10.1 Å². The van der Waals surface area contributed by atoms with Crippen LogP contribution in [0.25, 0.3) is 0 Å². The van der Waals surface area contributed by atoms with Crippen LogP contribution in [0.1, 0.15) is 29.7 Å². The minimum absolute atomic E-state index is 0.131. The summed E-state index contributed by atoms with van der Waals surface area (Å²) in [7, 11) is -1.35. The van der Waals surface area contributed by atoms with E-state index in [0.29, 0.717) is 5.75 Å². The lowest BCUT2D eigenvalue weighted by atomic mass is 10.1. The van der Waals surface area contributed by atoms with E-state index >= 15 is 0 Å². The van der Waals surface area contributed by atoms with Gasteiger partial charge in [0.1, 0.15) is 5.75 Å². The summed E-state index contributed by atoms with van der Waals surface area (Å²) >= 11 is 3.55. The first-order chi connectivity index (χ1) is 8.54. The summed E-state index contributed by atoms with van der Waals surface area (Å²) in [6.45, 7) is 0. The normalized spacial score (nSPS) is 24.4. The molecule has 1 aliphatic heterocycles. The Hall–Kier alpha value is -0.550. The van der Waals surface area contributed by atoms with Gasteiger partial charge in [-0.25, -0.2) is 8.42 Å². The second kappa shape index (κ2) is 5.61. The molecule has 1 fully saturated rings. The number of methoxy groups -OCH3 is 1. The van der Waals surface area contributed by atoms with Gasteiger partial charge in [0.25, 0.3) is 0 Å². The summed E-state index contributed by atoms with van der Waals surface area (Å²) in [6.07, 6.45) is 2.52. The number of halogens is 1. The highest BCUT2D eigenvalue weighted by atomic mass is 79.9. The van der Waals surface area contributed by atoms with Crippen LogP contribution in [-0.2, 0) is 9.84 Å². The molecule has 0 aromatic heterocycles. The quantitative estimate of drug-likeness (QED) is 0.799. The molecule has 0 aliphatic carbocycles. The molecule has 1 aliphatic rings. The molecule has 18 heavy (non-hydrogen) atoms. The highest BCUT2D eigenvalue weighted by Crippen LogP contribution is 2.37. The van der Waals surface area contributed by atoms with Crippen LogP contribution in [0, 0.1) is 0 Å². The van der Waals surface area contributed by atoms with Crippen LogP contribution in [0.2, 0.25) is 0 Å². The maximum absolute atomic E-state index is 12.1. The standard InChI is InChI=1S/C13H17BrO3S/c1-17-11-7-5-10(6-8-11)13(14)12-4-2-3-9-18(12,15)16/h5-8,12-13H,2-4,9H2,1H3. The second-order valence-corrected chi connectivity index (χ2v) is 7.90. The average molecular weight is 333 g/mol. The number of sulfone groups is 1. The molecule has 100 valence electrons. The van der Waals surface area contributed by atoms with Crippen molar-refractivity contribution in [2.45, 2.75) is 29.3 Å². The Morgan fingerprint density at radius 2 is 1.94 bits per heavy atom. The van der Waals surface area contributed by atoms with Crippen molar-refractivity contribution in [3.8, 4) is 5.75 Å². The fourth-order valence-electron chi connectivity index (χ4n) is 2.31. The second-order valence-electron chi connectivity index (χ2n) is 4.58. The largest absolute Gasteiger partial charge is 0.497 e. The molecule has 0 radical (unpaired) electrons. The van der Waals surface area contributed by atoms with Crippen LogP contribution in [0.15, 0.2) is 24.3 Å². The summed E-state index contributed by atoms with van der Waals surface area (Å²) in [6, 6.07) is 7.56. The average Bonchev–Trinajstić information content (AvgIpc) is 2.37. The number of ether oxygens (including phenoxy) is 1. The van der Waals surface area contributed by atoms with Crippen LogP contribution in [0.3, 0.4) is 0 Å². The van der Waals surface area contributed by atoms with E-state index in [1.165, 1.54) is 0 Å². The van der Waals surface area contributed by atoms with Crippen LogP contribution >= 0.6 is 15.9 Å². The molecule has 0 spiro atoms. The molecular formula is C13H17BrO3S. The van der Waals surface area contributed by atoms with Crippen molar-refractivity contribution in [3.63, 3.8) is 0 Å². The molecule has 2 unspecified atom stereocenters. The van der Waals surface area contributed by atoms with Crippen molar-refractivity contribution in [2.24, 2.45) is 0 Å². The van der Waals surface area contributed by atoms with Crippen molar-refractivity contribution in [1.82, 2.24) is 0 Å². The first-order valence-electron chi connectivity index (χ1n) is 6.04. The number of benzene rings is 1. The van der Waals surface area contributed by atoms with Gasteiger partial charge >= 0.3 is 0 Å². The van der Waals surface area contributed by atoms with Crippen LogP contribution < -0.4 is 4.74 Å². The van der Waals surface area contributed by atoms with Gasteiger partial charge in [0, 0.05) is 0 Å². The predicted octanol–water partition coefficient (Wildman–Crippen LogP) is 3.10. The maximum Gasteiger partial charge on any atom is 0.154 e. The number of hydrogen-bond donors (Lipinski definition) is 0. The Kier molecular flexibility index (Phi) is 4.33. The minimum atomic E-state index is -2.96. The molecule has 0 bridgehead atoms. The lowest BCUT2D eigenvalue weighted by Gasteiger charge is -2.26. The monoisotopic (exact) mass is 332 g/mol. The summed E-state index contributed by atoms with van der Waals surface area (Å²) in [4.78, 5) is -0.131. The highest BCUT2D eigenvalue weighted by Gasteiger charge is 2.34. The topological polar surface area (TPSA) is 43.4 Å². The first-order valence-corrected chi connectivity index (χ1v) is 8.67. The van der Waals surface area contributed by atoms with Gasteiger partial charge in [-0.15, -0.1) is 0 Å². The van der Waals surface area contributed by atoms with E-state index < -0.39 is 9.84 Å². The maximum atomic E-state index is 12.1. The minimum Gasteiger partial charge on any atom is -0.497 e. The fourth-order valence-corrected chi connectivity index (χ4v) is 5.82. The third-order valence-corrected chi connectivity index (χ3v) is 7.19. The van der Waals surface area contributed by atoms with Crippen molar-refractivity contribution >= 4 is 25.8 Å². The third-order valence-electron chi connectivity index (χ3n) is 3.39. The molecular weight excluding hydrogens is 316 g/mol. The molecule has 5 heteroatoms. The van der Waals surface area contributed by atoms with Gasteiger partial charge in [-0.05, 0) is 30.5 Å². The van der Waals surface area contributed by atoms with Crippen molar-refractivity contribution in [2.75, 3.05) is 12.9 Å². The Labute approximate surface area is 117 Å². The smallest absolute Gasteiger partial charge is 0.154 e. The van der Waals surface area contributed by atoms with Crippen LogP contribution in [0.4, 0.5) is 0 Å². The molecule has 0 amide bonds. The predicted molar refractivity (Wildman–Crippen MR) is 76.1 cm³/mol. The molecule has 0 N–H and O–H groups in total. The molecule has 3 nitrogen and oxygen atoms in total. The molecule has 2 rings (SSSR count). The number of hydrogen-bond acceptors (Lipinski definition) is 3. The van der Waals surface area contributed by atoms with Crippen LogP contribution in [0.5, 0.6) is 5.75 Å². The highest BCUT2D eigenvalue weighted by molar-refractivity contribution is 9.09. The van der Waals surface area contributed by atoms with Gasteiger partial charge in [0.05, 0.1) is 22.9 Å². The summed E-state index contributed by atoms with van der Waals surface area (Å²) in [5.41, 5.74) is 0.992. The van der Waals surface area contributed by atoms with E-state index in [2.05, 4.69) is 15.9 Å². The zero-order valence-electron chi connectivity index (χ0n) is 10.3. The zero-order valence-corrected chi connectivity index (χ0v) is 12.7. The number of rotatable bonds is 3. The van der Waals surface area contributed by atoms with Crippen molar-refractivity contribution in [1.29, 1.82) is 0 Å². The van der Waals surface area contributed by atoms with Gasteiger partial charge in [-0.1, -0.05) is 34.5 Å². The van der Waals surface area contributed by atoms with Crippen LogP contribution in [-0.4, -0.2) is 26.5 Å². The fraction of sp³-hybridized carbons (Fsp3) is 0.538. The molecule has 1 heterocycles. The Balaban J connectivity index is 2.21. The van der Waals surface area contributed by atoms with E-state index in [9.17, 15) is 8.42 Å². The summed E-state index contributed by atoms with van der Waals surface area (Å²) < 4.78 is 29.2. The van der Waals surface area contributed by atoms with Gasteiger partial charge in [-0.2, -0.15) is 0 Å². The molecule has 1 aromatic rings. The van der Waals surface area contributed by atoms with Crippen molar-refractivity contribution in [3.05, 3.63) is 29.8 Å². The molecule has 1 saturated heterocycles. The summed E-state index contributed by atoms with van der Waals surface area (Å²) in [5.74, 6) is 1.10. The Morgan fingerprint density at radius 3 is 2.50 bits per heavy atom. The van der Waals surface area contributed by atoms with E-state index in [0.717, 1.165) is 30.6 Å². The lowest BCUT2D eigenvalue weighted by Crippen LogP contribution is -2.31. The van der Waals surface area contributed by atoms with Gasteiger partial charge in [-0.3, -0.25) is 0 Å². The van der Waals surface area contributed by atoms with Gasteiger partial charge in [0.15, 0.2) is 9.84 Å². The molecule has 1 aromatic carbocycles. The molecule has 2 atom stereocenters. The van der Waals surface area contributed by atoms with E-state index in [1.54, 1.807) is 7.11 Å². The molecule has 0 saturated carbocycles. The van der Waals surface area contributed by atoms with Gasteiger partial charge in [0.2, 0.25) is 0 Å². The Morgan fingerprint density at radius 1 is 1.28 bits per heavy atom. The first kappa shape index (κ1) is 13.9. The van der Waals surface area contributed by atoms with Crippen molar-refractivity contribution < 1.29 is 13.2 Å². The SMILES string of the molecule is COc1ccc(C(Br)C2CCCCS2(=O)=O)cc1. The zero-order chi connectivity index (χ0) is 13.2. The van der Waals surface area contributed by atoms with E-state index in [1.807, 2.05) is 24.3 Å². The van der Waals surface area contributed by atoms with E-state index in [4.69, 9.17) is 4.74 Å². The number of alkyl halides is 1. The summed E-state index contributed by atoms with van der Waals surface area (Å²) in [5, 5.41) is -0.306. The Bertz CT molecular complexity index is 495. The van der Waals surface area contributed by atoms with Gasteiger partial charge < -0.3 is 4.74 Å². The third kappa shape index (κ3) is 2.88.